The van der Waals surface area contributed by atoms with Crippen LogP contribution in [0.25, 0.3) is 11.3 Å². The molecule has 1 heterocycles. The van der Waals surface area contributed by atoms with E-state index in [1.807, 2.05) is 23.6 Å². The number of benzene rings is 1. The summed E-state index contributed by atoms with van der Waals surface area (Å²) in [5, 5.41) is 5.14. The van der Waals surface area contributed by atoms with Crippen molar-refractivity contribution in [2.45, 2.75) is 19.4 Å². The highest BCUT2D eigenvalue weighted by molar-refractivity contribution is 7.14. The highest BCUT2D eigenvalue weighted by atomic mass is 32.1. The van der Waals surface area contributed by atoms with Crippen LogP contribution < -0.4 is 20.5 Å². The fraction of sp³-hybridized carbons (Fsp3) is 0.333. The Morgan fingerprint density at radius 1 is 1.41 bits per heavy atom. The Balaban J connectivity index is 2.22. The number of methoxy groups -OCH3 is 2. The average Bonchev–Trinajstić information content (AvgIpc) is 2.93. The van der Waals surface area contributed by atoms with Gasteiger partial charge in [-0.3, -0.25) is 4.79 Å². The molecule has 1 unspecified atom stereocenters. The lowest BCUT2D eigenvalue weighted by Crippen LogP contribution is -2.23. The van der Waals surface area contributed by atoms with Crippen molar-refractivity contribution in [2.24, 2.45) is 5.73 Å². The van der Waals surface area contributed by atoms with Gasteiger partial charge >= 0.3 is 0 Å². The monoisotopic (exact) mass is 321 g/mol. The number of nitrogens with one attached hydrogen (secondary N) is 1. The van der Waals surface area contributed by atoms with Gasteiger partial charge in [0.05, 0.1) is 19.9 Å². The fourth-order valence-corrected chi connectivity index (χ4v) is 2.66. The van der Waals surface area contributed by atoms with Crippen LogP contribution in [0.3, 0.4) is 0 Å². The third-order valence-corrected chi connectivity index (χ3v) is 3.70. The molecule has 22 heavy (non-hydrogen) atoms. The molecule has 2 rings (SSSR count). The van der Waals surface area contributed by atoms with Crippen molar-refractivity contribution >= 4 is 22.4 Å². The van der Waals surface area contributed by atoms with Crippen LogP contribution in [0.4, 0.5) is 5.13 Å². The van der Waals surface area contributed by atoms with Crippen molar-refractivity contribution in [3.8, 4) is 22.8 Å². The lowest BCUT2D eigenvalue weighted by molar-refractivity contribution is -0.116. The van der Waals surface area contributed by atoms with Gasteiger partial charge in [-0.15, -0.1) is 11.3 Å². The van der Waals surface area contributed by atoms with E-state index in [2.05, 4.69) is 10.3 Å². The van der Waals surface area contributed by atoms with Gasteiger partial charge < -0.3 is 20.5 Å². The average molecular weight is 321 g/mol. The molecule has 0 saturated heterocycles. The second kappa shape index (κ2) is 7.24. The molecule has 1 atom stereocenters. The molecule has 0 aliphatic carbocycles. The first kappa shape index (κ1) is 16.3. The van der Waals surface area contributed by atoms with Gasteiger partial charge in [-0.2, -0.15) is 0 Å². The number of thiazole rings is 1. The summed E-state index contributed by atoms with van der Waals surface area (Å²) in [4.78, 5) is 16.1. The first-order valence-corrected chi connectivity index (χ1v) is 7.64. The quantitative estimate of drug-likeness (QED) is 0.853. The number of hydrogen-bond acceptors (Lipinski definition) is 6. The van der Waals surface area contributed by atoms with Crippen LogP contribution in [0.5, 0.6) is 11.5 Å². The van der Waals surface area contributed by atoms with Gasteiger partial charge in [0.2, 0.25) is 5.91 Å². The minimum absolute atomic E-state index is 0.145. The van der Waals surface area contributed by atoms with E-state index in [9.17, 15) is 4.79 Å². The molecule has 7 heteroatoms. The molecule has 1 aromatic carbocycles. The maximum atomic E-state index is 11.7. The summed E-state index contributed by atoms with van der Waals surface area (Å²) in [7, 11) is 3.20. The minimum atomic E-state index is -0.182. The third-order valence-electron chi connectivity index (χ3n) is 2.94. The Kier molecular flexibility index (Phi) is 5.35. The smallest absolute Gasteiger partial charge is 0.227 e. The Hall–Kier alpha value is -2.12. The Labute approximate surface area is 133 Å². The third kappa shape index (κ3) is 3.96. The van der Waals surface area contributed by atoms with E-state index in [1.54, 1.807) is 21.1 Å². The molecule has 0 fully saturated rings. The molecular formula is C15H19N3O3S. The number of amides is 1. The lowest BCUT2D eigenvalue weighted by Gasteiger charge is -2.08. The normalized spacial score (nSPS) is 11.8. The van der Waals surface area contributed by atoms with Crippen molar-refractivity contribution in [3.05, 3.63) is 23.6 Å². The summed E-state index contributed by atoms with van der Waals surface area (Å²) in [5.41, 5.74) is 7.14. The van der Waals surface area contributed by atoms with Crippen molar-refractivity contribution in [2.75, 3.05) is 19.5 Å². The number of rotatable bonds is 6. The maximum Gasteiger partial charge on any atom is 0.227 e. The molecule has 6 nitrogen and oxygen atoms in total. The summed E-state index contributed by atoms with van der Waals surface area (Å²) in [6.45, 7) is 1.79. The summed E-state index contributed by atoms with van der Waals surface area (Å²) < 4.78 is 10.6. The minimum Gasteiger partial charge on any atom is -0.497 e. The van der Waals surface area contributed by atoms with Gasteiger partial charge in [0.25, 0.3) is 0 Å². The topological polar surface area (TPSA) is 86.5 Å². The first-order valence-electron chi connectivity index (χ1n) is 6.77. The number of anilines is 1. The van der Waals surface area contributed by atoms with Crippen LogP contribution in [-0.4, -0.2) is 31.2 Å². The van der Waals surface area contributed by atoms with Crippen LogP contribution in [0, 0.1) is 0 Å². The first-order chi connectivity index (χ1) is 10.5. The number of ether oxygens (including phenoxy) is 2. The van der Waals surface area contributed by atoms with E-state index < -0.39 is 0 Å². The summed E-state index contributed by atoms with van der Waals surface area (Å²) in [5.74, 6) is 1.26. The fourth-order valence-electron chi connectivity index (χ4n) is 1.93. The molecule has 0 spiro atoms. The molecule has 118 valence electrons. The van der Waals surface area contributed by atoms with Gasteiger partial charge in [-0.25, -0.2) is 4.98 Å². The van der Waals surface area contributed by atoms with Crippen molar-refractivity contribution in [1.82, 2.24) is 4.98 Å². The zero-order chi connectivity index (χ0) is 16.1. The lowest BCUT2D eigenvalue weighted by atomic mass is 10.1. The van der Waals surface area contributed by atoms with Crippen LogP contribution in [-0.2, 0) is 4.79 Å². The highest BCUT2D eigenvalue weighted by Crippen LogP contribution is 2.34. The zero-order valence-corrected chi connectivity index (χ0v) is 13.6. The van der Waals surface area contributed by atoms with Crippen LogP contribution in [0.2, 0.25) is 0 Å². The van der Waals surface area contributed by atoms with Crippen LogP contribution in [0.1, 0.15) is 13.3 Å². The Bertz CT molecular complexity index is 655. The molecule has 1 amide bonds. The maximum absolute atomic E-state index is 11.7. The number of nitrogens with zero attached hydrogens (tertiary/aromatic N) is 1. The predicted octanol–water partition coefficient (Wildman–Crippen LogP) is 2.50. The van der Waals surface area contributed by atoms with Gasteiger partial charge in [0.1, 0.15) is 11.5 Å². The van der Waals surface area contributed by atoms with Gasteiger partial charge in [0, 0.05) is 23.4 Å². The standard InChI is InChI=1S/C15H19N3O3S/c1-9(16)6-14(19)18-15-17-12(8-22-15)11-7-10(20-2)4-5-13(11)21-3/h4-5,7-9H,6,16H2,1-3H3,(H,17,18,19). The van der Waals surface area contributed by atoms with E-state index in [-0.39, 0.29) is 18.4 Å². The number of nitrogens with two attached hydrogens (primary N) is 1. The zero-order valence-electron chi connectivity index (χ0n) is 12.8. The Morgan fingerprint density at radius 2 is 2.18 bits per heavy atom. The van der Waals surface area contributed by atoms with E-state index in [1.165, 1.54) is 11.3 Å². The van der Waals surface area contributed by atoms with Gasteiger partial charge in [-0.1, -0.05) is 0 Å². The second-order valence-corrected chi connectivity index (χ2v) is 5.69. The van der Waals surface area contributed by atoms with Gasteiger partial charge in [0.15, 0.2) is 5.13 Å². The highest BCUT2D eigenvalue weighted by Gasteiger charge is 2.13. The van der Waals surface area contributed by atoms with Crippen LogP contribution in [0.15, 0.2) is 23.6 Å². The van der Waals surface area contributed by atoms with E-state index in [0.717, 1.165) is 11.3 Å². The molecule has 1 aromatic heterocycles. The summed E-state index contributed by atoms with van der Waals surface area (Å²) >= 11 is 1.35. The molecule has 0 saturated carbocycles. The molecule has 2 aromatic rings. The number of aromatic nitrogens is 1. The van der Waals surface area contributed by atoms with Crippen molar-refractivity contribution in [3.63, 3.8) is 0 Å². The molecular weight excluding hydrogens is 302 g/mol. The van der Waals surface area contributed by atoms with Crippen molar-refractivity contribution < 1.29 is 14.3 Å². The SMILES string of the molecule is COc1ccc(OC)c(-c2csc(NC(=O)CC(C)N)n2)c1. The molecule has 0 radical (unpaired) electrons. The summed E-state index contributed by atoms with van der Waals surface area (Å²) in [6, 6.07) is 5.31. The van der Waals surface area contributed by atoms with Crippen molar-refractivity contribution in [1.29, 1.82) is 0 Å². The number of carbonyl (C=O) groups is 1. The van der Waals surface area contributed by atoms with Crippen LogP contribution >= 0.6 is 11.3 Å². The molecule has 0 aliphatic heterocycles. The van der Waals surface area contributed by atoms with E-state index in [4.69, 9.17) is 15.2 Å². The second-order valence-electron chi connectivity index (χ2n) is 4.83. The van der Waals surface area contributed by atoms with E-state index in [0.29, 0.717) is 16.6 Å². The molecule has 0 bridgehead atoms. The predicted molar refractivity (Wildman–Crippen MR) is 87.6 cm³/mol. The largest absolute Gasteiger partial charge is 0.497 e. The Morgan fingerprint density at radius 3 is 2.82 bits per heavy atom. The van der Waals surface area contributed by atoms with E-state index >= 15 is 0 Å². The van der Waals surface area contributed by atoms with Gasteiger partial charge in [-0.05, 0) is 25.1 Å². The number of carbonyl (C=O) groups excluding carboxylic acids is 1. The summed E-state index contributed by atoms with van der Waals surface area (Å²) in [6.07, 6.45) is 0.261. The molecule has 3 N–H and O–H groups in total. The molecule has 0 aliphatic rings. The number of hydrogen-bond donors (Lipinski definition) is 2.